The van der Waals surface area contributed by atoms with Gasteiger partial charge in [0.15, 0.2) is 0 Å². The number of amides is 3. The number of rotatable bonds is 14. The number of carbonyl (C=O) groups excluding carboxylic acids is 3. The van der Waals surface area contributed by atoms with E-state index in [1.54, 1.807) is 41.1 Å². The van der Waals surface area contributed by atoms with Crippen molar-refractivity contribution in [1.82, 2.24) is 24.9 Å². The number of benzene rings is 3. The number of hydrogen-bond acceptors (Lipinski definition) is 7. The second-order valence-electron chi connectivity index (χ2n) is 10.4. The van der Waals surface area contributed by atoms with Gasteiger partial charge in [0, 0.05) is 18.2 Å². The van der Waals surface area contributed by atoms with E-state index in [0.29, 0.717) is 42.0 Å². The van der Waals surface area contributed by atoms with Gasteiger partial charge < -0.3 is 5.32 Å². The molecule has 4 rings (SSSR count). The first-order valence-electron chi connectivity index (χ1n) is 14.1. The van der Waals surface area contributed by atoms with Crippen molar-refractivity contribution in [3.8, 4) is 11.1 Å². The minimum absolute atomic E-state index is 0.000980. The van der Waals surface area contributed by atoms with Crippen LogP contribution in [-0.4, -0.2) is 59.3 Å². The average Bonchev–Trinajstić information content (AvgIpc) is 3.39. The van der Waals surface area contributed by atoms with Gasteiger partial charge in [0.1, 0.15) is 5.69 Å². The zero-order chi connectivity index (χ0) is 31.7. The van der Waals surface area contributed by atoms with Gasteiger partial charge in [-0.2, -0.15) is 5.10 Å². The number of hydrogen-bond donors (Lipinski definition) is 3. The van der Waals surface area contributed by atoms with Gasteiger partial charge in [-0.15, -0.1) is 0 Å². The predicted octanol–water partition coefficient (Wildman–Crippen LogP) is 3.56. The molecular weight excluding hydrogens is 582 g/mol. The molecule has 3 N–H and O–H groups in total. The molecule has 0 saturated carbocycles. The molecule has 44 heavy (non-hydrogen) atoms. The van der Waals surface area contributed by atoms with Crippen LogP contribution in [0.5, 0.6) is 0 Å². The third-order valence-electron chi connectivity index (χ3n) is 6.84. The summed E-state index contributed by atoms with van der Waals surface area (Å²) in [5.74, 6) is -1.10. The third-order valence-corrected chi connectivity index (χ3v) is 8.33. The standard InChI is InChI=1S/C32H35N5O6S/c1-3-9-28-19-30(32(40)33-27(21-36(41)22-38)18-24-10-5-4-6-11-24)34-37(28)20-25-14-16-26(17-15-25)29-12-7-8-13-31(29)44(42,43)35-23(2)39/h4-8,10-17,19,22,27,41H,3,9,18,20-21H2,1-2H3,(H,33,40)(H,35,39)/t27-/m0/s1. The fraction of sp³-hybridized carbons (Fsp3) is 0.250. The van der Waals surface area contributed by atoms with E-state index in [-0.39, 0.29) is 17.1 Å². The third kappa shape index (κ3) is 8.39. The summed E-state index contributed by atoms with van der Waals surface area (Å²) in [4.78, 5) is 35.8. The van der Waals surface area contributed by atoms with E-state index < -0.39 is 27.9 Å². The van der Waals surface area contributed by atoms with Crippen LogP contribution in [-0.2, 0) is 39.0 Å². The number of hydroxylamine groups is 2. The fourth-order valence-corrected chi connectivity index (χ4v) is 6.12. The lowest BCUT2D eigenvalue weighted by Gasteiger charge is -2.21. The minimum Gasteiger partial charge on any atom is -0.346 e. The molecule has 0 unspecified atom stereocenters. The maximum atomic E-state index is 13.3. The molecule has 3 aromatic carbocycles. The van der Waals surface area contributed by atoms with Crippen molar-refractivity contribution in [3.63, 3.8) is 0 Å². The van der Waals surface area contributed by atoms with E-state index in [0.717, 1.165) is 30.2 Å². The summed E-state index contributed by atoms with van der Waals surface area (Å²) in [6.07, 6.45) is 2.22. The molecule has 230 valence electrons. The molecule has 0 saturated heterocycles. The highest BCUT2D eigenvalue weighted by Gasteiger charge is 2.22. The van der Waals surface area contributed by atoms with Gasteiger partial charge in [-0.3, -0.25) is 24.3 Å². The molecule has 1 atom stereocenters. The molecule has 0 aliphatic rings. The van der Waals surface area contributed by atoms with Crippen LogP contribution >= 0.6 is 0 Å². The number of aromatic nitrogens is 2. The Morgan fingerprint density at radius 2 is 1.68 bits per heavy atom. The summed E-state index contributed by atoms with van der Waals surface area (Å²) in [7, 11) is -4.03. The van der Waals surface area contributed by atoms with E-state index in [1.807, 2.05) is 54.1 Å². The average molecular weight is 618 g/mol. The largest absolute Gasteiger partial charge is 0.346 e. The number of carbonyl (C=O) groups is 3. The second kappa shape index (κ2) is 14.6. The SMILES string of the molecule is CCCc1cc(C(=O)N[C@@H](Cc2ccccc2)CN(O)C=O)nn1Cc1ccc(-c2ccccc2S(=O)(=O)NC(C)=O)cc1. The van der Waals surface area contributed by atoms with Crippen LogP contribution in [0.4, 0.5) is 0 Å². The topological polar surface area (TPSA) is 151 Å². The van der Waals surface area contributed by atoms with Crippen molar-refractivity contribution in [2.75, 3.05) is 6.54 Å². The quantitative estimate of drug-likeness (QED) is 0.111. The summed E-state index contributed by atoms with van der Waals surface area (Å²) >= 11 is 0. The van der Waals surface area contributed by atoms with Crippen LogP contribution in [0.3, 0.4) is 0 Å². The van der Waals surface area contributed by atoms with Gasteiger partial charge in [-0.1, -0.05) is 86.1 Å². The molecule has 4 aromatic rings. The Morgan fingerprint density at radius 1 is 1.00 bits per heavy atom. The molecule has 12 heteroatoms. The molecule has 1 aromatic heterocycles. The zero-order valence-corrected chi connectivity index (χ0v) is 25.3. The molecule has 0 aliphatic heterocycles. The molecular formula is C32H35N5O6S. The maximum absolute atomic E-state index is 13.3. The normalized spacial score (nSPS) is 11.9. The van der Waals surface area contributed by atoms with Crippen LogP contribution in [0, 0.1) is 0 Å². The summed E-state index contributed by atoms with van der Waals surface area (Å²) < 4.78 is 29.2. The van der Waals surface area contributed by atoms with Crippen molar-refractivity contribution in [1.29, 1.82) is 0 Å². The maximum Gasteiger partial charge on any atom is 0.272 e. The Bertz CT molecular complexity index is 1700. The van der Waals surface area contributed by atoms with Gasteiger partial charge in [0.05, 0.1) is 24.0 Å². The van der Waals surface area contributed by atoms with Crippen molar-refractivity contribution >= 4 is 28.2 Å². The Labute approximate surface area is 256 Å². The lowest BCUT2D eigenvalue weighted by molar-refractivity contribution is -0.150. The first kappa shape index (κ1) is 32.1. The smallest absolute Gasteiger partial charge is 0.272 e. The van der Waals surface area contributed by atoms with Crippen molar-refractivity contribution < 1.29 is 28.0 Å². The molecule has 11 nitrogen and oxygen atoms in total. The van der Waals surface area contributed by atoms with Crippen molar-refractivity contribution in [2.45, 2.75) is 50.6 Å². The molecule has 3 amide bonds. The Balaban J connectivity index is 1.54. The van der Waals surface area contributed by atoms with Crippen LogP contribution in [0.15, 0.2) is 89.8 Å². The van der Waals surface area contributed by atoms with E-state index >= 15 is 0 Å². The Hall–Kier alpha value is -4.81. The van der Waals surface area contributed by atoms with Crippen molar-refractivity contribution in [3.05, 3.63) is 107 Å². The molecule has 0 aliphatic carbocycles. The highest BCUT2D eigenvalue weighted by molar-refractivity contribution is 7.90. The van der Waals surface area contributed by atoms with E-state index in [2.05, 4.69) is 10.4 Å². The van der Waals surface area contributed by atoms with Crippen LogP contribution in [0.2, 0.25) is 0 Å². The second-order valence-corrected chi connectivity index (χ2v) is 12.0. The van der Waals surface area contributed by atoms with E-state index in [1.165, 1.54) is 6.07 Å². The van der Waals surface area contributed by atoms with Gasteiger partial charge in [-0.25, -0.2) is 18.2 Å². The molecule has 1 heterocycles. The highest BCUT2D eigenvalue weighted by atomic mass is 32.2. The first-order chi connectivity index (χ1) is 21.1. The monoisotopic (exact) mass is 617 g/mol. The summed E-state index contributed by atoms with van der Waals surface area (Å²) in [6, 6.07) is 24.4. The minimum atomic E-state index is -4.03. The van der Waals surface area contributed by atoms with E-state index in [9.17, 15) is 28.0 Å². The number of nitrogens with zero attached hydrogens (tertiary/aromatic N) is 3. The summed E-state index contributed by atoms with van der Waals surface area (Å²) in [6.45, 7) is 3.46. The predicted molar refractivity (Wildman–Crippen MR) is 164 cm³/mol. The Kier molecular flexibility index (Phi) is 10.6. The molecule has 0 spiro atoms. The highest BCUT2D eigenvalue weighted by Crippen LogP contribution is 2.27. The Morgan fingerprint density at radius 3 is 2.34 bits per heavy atom. The zero-order valence-electron chi connectivity index (χ0n) is 24.5. The number of sulfonamides is 1. The molecule has 0 radical (unpaired) electrons. The lowest BCUT2D eigenvalue weighted by atomic mass is 10.0. The van der Waals surface area contributed by atoms with Crippen LogP contribution < -0.4 is 10.0 Å². The lowest BCUT2D eigenvalue weighted by Crippen LogP contribution is -2.44. The van der Waals surface area contributed by atoms with Gasteiger partial charge in [0.25, 0.3) is 15.9 Å². The van der Waals surface area contributed by atoms with Gasteiger partial charge in [0.2, 0.25) is 12.3 Å². The van der Waals surface area contributed by atoms with Crippen LogP contribution in [0.1, 0.15) is 47.6 Å². The molecule has 0 fully saturated rings. The van der Waals surface area contributed by atoms with Gasteiger partial charge >= 0.3 is 0 Å². The molecule has 0 bridgehead atoms. The fourth-order valence-electron chi connectivity index (χ4n) is 4.90. The number of aryl methyl sites for hydroxylation is 1. The number of nitrogens with one attached hydrogen (secondary N) is 2. The summed E-state index contributed by atoms with van der Waals surface area (Å²) in [5.41, 5.74) is 4.02. The summed E-state index contributed by atoms with van der Waals surface area (Å²) in [5, 5.41) is 17.8. The van der Waals surface area contributed by atoms with E-state index in [4.69, 9.17) is 0 Å². The van der Waals surface area contributed by atoms with Gasteiger partial charge in [-0.05, 0) is 41.7 Å². The first-order valence-corrected chi connectivity index (χ1v) is 15.6. The van der Waals surface area contributed by atoms with Crippen molar-refractivity contribution in [2.24, 2.45) is 0 Å². The van der Waals surface area contributed by atoms with Crippen LogP contribution in [0.25, 0.3) is 11.1 Å².